The Morgan fingerprint density at radius 2 is 2.33 bits per heavy atom. The lowest BCUT2D eigenvalue weighted by Crippen LogP contribution is -1.88. The molecule has 0 unspecified atom stereocenters. The Kier molecular flexibility index (Phi) is 2.89. The van der Waals surface area contributed by atoms with Crippen LogP contribution in [0.5, 0.6) is 0 Å². The van der Waals surface area contributed by atoms with Crippen LogP contribution in [0.1, 0.15) is 11.5 Å². The third-order valence-corrected chi connectivity index (χ3v) is 3.16. The van der Waals surface area contributed by atoms with Gasteiger partial charge in [-0.05, 0) is 36.3 Å². The van der Waals surface area contributed by atoms with E-state index in [1.54, 1.807) is 12.3 Å². The van der Waals surface area contributed by atoms with Crippen LogP contribution < -0.4 is 0 Å². The molecule has 74 valence electrons. The lowest BCUT2D eigenvalue weighted by atomic mass is 10.5. The molecule has 2 rings (SSSR count). The second kappa shape index (κ2) is 4.33. The molecule has 2 aromatic rings. The van der Waals surface area contributed by atoms with Crippen molar-refractivity contribution in [1.29, 1.82) is 5.26 Å². The smallest absolute Gasteiger partial charge is 0.195 e. The molecular formula is C8H5N5S2. The van der Waals surface area contributed by atoms with Crippen LogP contribution in [-0.2, 0) is 0 Å². The molecule has 15 heavy (non-hydrogen) atoms. The highest BCUT2D eigenvalue weighted by atomic mass is 32.2. The molecule has 0 N–H and O–H groups in total. The monoisotopic (exact) mass is 235 g/mol. The first-order valence-corrected chi connectivity index (χ1v) is 5.58. The zero-order valence-corrected chi connectivity index (χ0v) is 9.34. The highest BCUT2D eigenvalue weighted by molar-refractivity contribution is 8.00. The maximum atomic E-state index is 8.66. The van der Waals surface area contributed by atoms with Gasteiger partial charge in [-0.15, -0.1) is 0 Å². The Labute approximate surface area is 94.4 Å². The highest BCUT2D eigenvalue weighted by Crippen LogP contribution is 2.25. The van der Waals surface area contributed by atoms with Crippen molar-refractivity contribution in [3.8, 4) is 6.07 Å². The maximum Gasteiger partial charge on any atom is 0.195 e. The molecule has 0 radical (unpaired) electrons. The Hall–Kier alpha value is -1.52. The standard InChI is InChI=1S/C8H5N5S2/c1-5-11-8(15-13-5)14-7-10-3-2-6(4-9)12-7/h2-3H,1H3. The van der Waals surface area contributed by atoms with E-state index in [1.807, 2.05) is 13.0 Å². The van der Waals surface area contributed by atoms with Gasteiger partial charge in [0.25, 0.3) is 0 Å². The number of aromatic nitrogens is 4. The van der Waals surface area contributed by atoms with Crippen molar-refractivity contribution in [2.75, 3.05) is 0 Å². The van der Waals surface area contributed by atoms with Gasteiger partial charge in [0.1, 0.15) is 17.6 Å². The molecule has 0 bridgehead atoms. The van der Waals surface area contributed by atoms with E-state index in [2.05, 4.69) is 19.3 Å². The van der Waals surface area contributed by atoms with E-state index in [4.69, 9.17) is 5.26 Å². The minimum absolute atomic E-state index is 0.355. The first-order valence-electron chi connectivity index (χ1n) is 3.99. The second-order valence-corrected chi connectivity index (χ2v) is 4.51. The lowest BCUT2D eigenvalue weighted by Gasteiger charge is -1.94. The molecule has 0 aliphatic heterocycles. The van der Waals surface area contributed by atoms with Crippen LogP contribution in [0, 0.1) is 18.3 Å². The Morgan fingerprint density at radius 3 is 3.00 bits per heavy atom. The van der Waals surface area contributed by atoms with E-state index in [0.717, 1.165) is 10.2 Å². The normalized spacial score (nSPS) is 9.87. The van der Waals surface area contributed by atoms with Gasteiger partial charge in [0.05, 0.1) is 0 Å². The predicted molar refractivity (Wildman–Crippen MR) is 55.5 cm³/mol. The molecule has 5 nitrogen and oxygen atoms in total. The summed E-state index contributed by atoms with van der Waals surface area (Å²) in [6.45, 7) is 1.83. The quantitative estimate of drug-likeness (QED) is 0.737. The maximum absolute atomic E-state index is 8.66. The van der Waals surface area contributed by atoms with E-state index >= 15 is 0 Å². The largest absolute Gasteiger partial charge is 0.231 e. The van der Waals surface area contributed by atoms with Crippen molar-refractivity contribution in [1.82, 2.24) is 19.3 Å². The summed E-state index contributed by atoms with van der Waals surface area (Å²) < 4.78 is 4.82. The van der Waals surface area contributed by atoms with Crippen LogP contribution in [0.4, 0.5) is 0 Å². The molecule has 7 heteroatoms. The Balaban J connectivity index is 2.21. The molecule has 2 heterocycles. The molecule has 0 aliphatic carbocycles. The fourth-order valence-electron chi connectivity index (χ4n) is 0.850. The molecule has 0 atom stereocenters. The van der Waals surface area contributed by atoms with Gasteiger partial charge in [0.15, 0.2) is 9.50 Å². The number of nitriles is 1. The van der Waals surface area contributed by atoms with Gasteiger partial charge in [-0.1, -0.05) is 0 Å². The number of rotatable bonds is 2. The summed E-state index contributed by atoms with van der Waals surface area (Å²) in [5, 5.41) is 9.18. The number of hydrogen-bond acceptors (Lipinski definition) is 7. The van der Waals surface area contributed by atoms with Crippen molar-refractivity contribution in [3.05, 3.63) is 23.8 Å². The molecule has 0 saturated heterocycles. The van der Waals surface area contributed by atoms with Crippen molar-refractivity contribution < 1.29 is 0 Å². The number of nitrogens with zero attached hydrogens (tertiary/aromatic N) is 5. The van der Waals surface area contributed by atoms with Gasteiger partial charge in [0, 0.05) is 6.20 Å². The molecular weight excluding hydrogens is 230 g/mol. The topological polar surface area (TPSA) is 75.3 Å². The van der Waals surface area contributed by atoms with Gasteiger partial charge in [0.2, 0.25) is 0 Å². The van der Waals surface area contributed by atoms with Gasteiger partial charge >= 0.3 is 0 Å². The summed E-state index contributed by atoms with van der Waals surface area (Å²) >= 11 is 2.61. The molecule has 0 amide bonds. The van der Waals surface area contributed by atoms with Crippen molar-refractivity contribution in [2.45, 2.75) is 16.4 Å². The van der Waals surface area contributed by atoms with Crippen LogP contribution in [0.3, 0.4) is 0 Å². The molecule has 0 aliphatic rings. The van der Waals surface area contributed by atoms with Gasteiger partial charge in [-0.3, -0.25) is 0 Å². The minimum atomic E-state index is 0.355. The van der Waals surface area contributed by atoms with E-state index in [1.165, 1.54) is 23.3 Å². The molecule has 2 aromatic heterocycles. The summed E-state index contributed by atoms with van der Waals surface area (Å²) in [6, 6.07) is 3.53. The van der Waals surface area contributed by atoms with E-state index in [9.17, 15) is 0 Å². The molecule has 0 fully saturated rings. The first-order chi connectivity index (χ1) is 7.28. The summed E-state index contributed by atoms with van der Waals surface area (Å²) in [4.78, 5) is 12.2. The average Bonchev–Trinajstić information content (AvgIpc) is 2.64. The van der Waals surface area contributed by atoms with Crippen LogP contribution >= 0.6 is 23.3 Å². The zero-order chi connectivity index (χ0) is 10.7. The first kappa shape index (κ1) is 10.0. The summed E-state index contributed by atoms with van der Waals surface area (Å²) in [7, 11) is 0. The second-order valence-electron chi connectivity index (χ2n) is 2.55. The molecule has 0 aromatic carbocycles. The third kappa shape index (κ3) is 2.49. The fraction of sp³-hybridized carbons (Fsp3) is 0.125. The number of hydrogen-bond donors (Lipinski definition) is 0. The average molecular weight is 235 g/mol. The Bertz CT molecular complexity index is 516. The summed E-state index contributed by atoms with van der Waals surface area (Å²) in [6.07, 6.45) is 1.56. The van der Waals surface area contributed by atoms with E-state index in [0.29, 0.717) is 10.9 Å². The van der Waals surface area contributed by atoms with E-state index < -0.39 is 0 Å². The van der Waals surface area contributed by atoms with Crippen LogP contribution in [0.25, 0.3) is 0 Å². The van der Waals surface area contributed by atoms with Gasteiger partial charge in [-0.2, -0.15) is 9.64 Å². The van der Waals surface area contributed by atoms with Crippen molar-refractivity contribution in [2.24, 2.45) is 0 Å². The van der Waals surface area contributed by atoms with Crippen LogP contribution in [-0.4, -0.2) is 19.3 Å². The predicted octanol–water partition coefficient (Wildman–Crippen LogP) is 1.66. The van der Waals surface area contributed by atoms with Crippen LogP contribution in [0.2, 0.25) is 0 Å². The Morgan fingerprint density at radius 1 is 1.47 bits per heavy atom. The van der Waals surface area contributed by atoms with Gasteiger partial charge < -0.3 is 0 Å². The fourth-order valence-corrected chi connectivity index (χ4v) is 2.35. The molecule has 0 saturated carbocycles. The van der Waals surface area contributed by atoms with Crippen molar-refractivity contribution in [3.63, 3.8) is 0 Å². The third-order valence-electron chi connectivity index (χ3n) is 1.44. The number of aryl methyl sites for hydroxylation is 1. The molecule has 0 spiro atoms. The summed E-state index contributed by atoms with van der Waals surface area (Å²) in [5.74, 6) is 0.735. The SMILES string of the molecule is Cc1nsc(Sc2nccc(C#N)n2)n1. The minimum Gasteiger partial charge on any atom is -0.231 e. The van der Waals surface area contributed by atoms with Gasteiger partial charge in [-0.25, -0.2) is 15.0 Å². The lowest BCUT2D eigenvalue weighted by molar-refractivity contribution is 0.949. The van der Waals surface area contributed by atoms with Crippen molar-refractivity contribution >= 4 is 23.3 Å². The van der Waals surface area contributed by atoms with Crippen LogP contribution in [0.15, 0.2) is 21.8 Å². The summed E-state index contributed by atoms with van der Waals surface area (Å²) in [5.41, 5.74) is 0.355. The highest BCUT2D eigenvalue weighted by Gasteiger charge is 2.05. The van der Waals surface area contributed by atoms with E-state index in [-0.39, 0.29) is 0 Å². The zero-order valence-electron chi connectivity index (χ0n) is 7.71.